The Morgan fingerprint density at radius 3 is 2.96 bits per heavy atom. The largest absolute Gasteiger partial charge is 0.449 e. The highest BCUT2D eigenvalue weighted by atomic mass is 35.5. The SMILES string of the molecule is CCOC(=O)n1c(CN2CC[C@H](N)C2=O)cc2ncccc21.Cl. The number of nitrogens with two attached hydrogens (primary N) is 1. The van der Waals surface area contributed by atoms with Crippen molar-refractivity contribution in [1.29, 1.82) is 0 Å². The second-order valence-corrected chi connectivity index (χ2v) is 5.23. The average molecular weight is 339 g/mol. The number of aromatic nitrogens is 2. The molecule has 2 aromatic rings. The number of carbonyl (C=O) groups excluding carboxylic acids is 2. The smallest absolute Gasteiger partial charge is 0.418 e. The molecule has 0 saturated carbocycles. The summed E-state index contributed by atoms with van der Waals surface area (Å²) in [6.07, 6.45) is 1.84. The fraction of sp³-hybridized carbons (Fsp3) is 0.400. The first-order valence-corrected chi connectivity index (χ1v) is 7.28. The van der Waals surface area contributed by atoms with Gasteiger partial charge in [-0.3, -0.25) is 9.78 Å². The summed E-state index contributed by atoms with van der Waals surface area (Å²) in [5.74, 6) is -0.0892. The lowest BCUT2D eigenvalue weighted by atomic mass is 10.3. The van der Waals surface area contributed by atoms with Gasteiger partial charge in [-0.15, -0.1) is 12.4 Å². The summed E-state index contributed by atoms with van der Waals surface area (Å²) in [5, 5.41) is 0. The summed E-state index contributed by atoms with van der Waals surface area (Å²) in [4.78, 5) is 30.2. The van der Waals surface area contributed by atoms with Crippen LogP contribution in [0, 0.1) is 0 Å². The highest BCUT2D eigenvalue weighted by molar-refractivity contribution is 5.89. The number of halogens is 1. The van der Waals surface area contributed by atoms with E-state index in [0.29, 0.717) is 36.2 Å². The van der Waals surface area contributed by atoms with Crippen molar-refractivity contribution >= 4 is 35.4 Å². The van der Waals surface area contributed by atoms with E-state index in [9.17, 15) is 9.59 Å². The lowest BCUT2D eigenvalue weighted by Crippen LogP contribution is -2.34. The van der Waals surface area contributed by atoms with Crippen LogP contribution in [0.1, 0.15) is 19.0 Å². The summed E-state index contributed by atoms with van der Waals surface area (Å²) in [5.41, 5.74) is 7.79. The topological polar surface area (TPSA) is 90.5 Å². The normalized spacial score (nSPS) is 17.4. The molecule has 3 heterocycles. The zero-order chi connectivity index (χ0) is 15.7. The minimum absolute atomic E-state index is 0. The molecule has 1 fully saturated rings. The maximum absolute atomic E-state index is 12.2. The molecule has 1 atom stereocenters. The first-order valence-electron chi connectivity index (χ1n) is 7.28. The van der Waals surface area contributed by atoms with Gasteiger partial charge in [0.25, 0.3) is 0 Å². The molecule has 3 rings (SSSR count). The van der Waals surface area contributed by atoms with Crippen LogP contribution in [0.25, 0.3) is 11.0 Å². The maximum Gasteiger partial charge on any atom is 0.418 e. The van der Waals surface area contributed by atoms with Crippen molar-refractivity contribution in [3.05, 3.63) is 30.1 Å². The van der Waals surface area contributed by atoms with Crippen molar-refractivity contribution in [2.45, 2.75) is 25.9 Å². The highest BCUT2D eigenvalue weighted by Gasteiger charge is 2.30. The molecule has 1 aliphatic rings. The van der Waals surface area contributed by atoms with Crippen LogP contribution in [0.5, 0.6) is 0 Å². The molecule has 124 valence electrons. The number of likely N-dealkylation sites (tertiary alicyclic amines) is 1. The first-order chi connectivity index (χ1) is 10.6. The minimum Gasteiger partial charge on any atom is -0.449 e. The molecule has 0 unspecified atom stereocenters. The molecule has 1 amide bonds. The van der Waals surface area contributed by atoms with E-state index in [1.54, 1.807) is 30.2 Å². The van der Waals surface area contributed by atoms with Crippen LogP contribution in [0.4, 0.5) is 4.79 Å². The number of carbonyl (C=O) groups is 2. The Balaban J connectivity index is 0.00000192. The van der Waals surface area contributed by atoms with Crippen molar-refractivity contribution in [3.63, 3.8) is 0 Å². The Kier molecular flexibility index (Phi) is 5.23. The van der Waals surface area contributed by atoms with Crippen LogP contribution in [0.2, 0.25) is 0 Å². The van der Waals surface area contributed by atoms with Gasteiger partial charge in [-0.2, -0.15) is 0 Å². The summed E-state index contributed by atoms with van der Waals surface area (Å²) in [7, 11) is 0. The van der Waals surface area contributed by atoms with Crippen molar-refractivity contribution < 1.29 is 14.3 Å². The standard InChI is InChI=1S/C15H18N4O3.ClH/c1-2-22-15(21)19-10(8-12-13(19)4-3-6-17-12)9-18-7-5-11(16)14(18)20;/h3-4,6,8,11H,2,5,7,9,16H2,1H3;1H/t11-;/m0./s1. The molecule has 2 aromatic heterocycles. The van der Waals surface area contributed by atoms with Gasteiger partial charge in [0.05, 0.1) is 35.9 Å². The second kappa shape index (κ2) is 6.97. The maximum atomic E-state index is 12.2. The Morgan fingerprint density at radius 1 is 1.52 bits per heavy atom. The van der Waals surface area contributed by atoms with E-state index < -0.39 is 12.1 Å². The van der Waals surface area contributed by atoms with Crippen molar-refractivity contribution in [3.8, 4) is 0 Å². The van der Waals surface area contributed by atoms with E-state index in [4.69, 9.17) is 10.5 Å². The predicted molar refractivity (Wildman–Crippen MR) is 87.4 cm³/mol. The van der Waals surface area contributed by atoms with Crippen molar-refractivity contribution in [2.75, 3.05) is 13.2 Å². The van der Waals surface area contributed by atoms with Crippen LogP contribution in [-0.2, 0) is 16.1 Å². The minimum atomic E-state index is -0.462. The molecule has 23 heavy (non-hydrogen) atoms. The molecule has 7 nitrogen and oxygen atoms in total. The fourth-order valence-corrected chi connectivity index (χ4v) is 2.72. The molecule has 1 aliphatic heterocycles. The van der Waals surface area contributed by atoms with Gasteiger partial charge in [-0.1, -0.05) is 0 Å². The van der Waals surface area contributed by atoms with Crippen molar-refractivity contribution in [2.24, 2.45) is 5.73 Å². The molecular weight excluding hydrogens is 320 g/mol. The van der Waals surface area contributed by atoms with Crippen LogP contribution >= 0.6 is 12.4 Å². The molecule has 0 aromatic carbocycles. The molecule has 0 radical (unpaired) electrons. The van der Waals surface area contributed by atoms with E-state index in [1.807, 2.05) is 6.07 Å². The monoisotopic (exact) mass is 338 g/mol. The molecule has 0 spiro atoms. The van der Waals surface area contributed by atoms with Crippen molar-refractivity contribution in [1.82, 2.24) is 14.5 Å². The Hall–Kier alpha value is -2.12. The molecule has 8 heteroatoms. The molecule has 0 bridgehead atoms. The van der Waals surface area contributed by atoms with Gasteiger partial charge in [0.15, 0.2) is 0 Å². The quantitative estimate of drug-likeness (QED) is 0.916. The van der Waals surface area contributed by atoms with E-state index in [0.717, 1.165) is 0 Å². The van der Waals surface area contributed by atoms with Crippen LogP contribution in [0.15, 0.2) is 24.4 Å². The number of amides is 1. The van der Waals surface area contributed by atoms with Crippen LogP contribution in [-0.4, -0.2) is 45.6 Å². The van der Waals surface area contributed by atoms with Crippen LogP contribution in [0.3, 0.4) is 0 Å². The highest BCUT2D eigenvalue weighted by Crippen LogP contribution is 2.21. The lowest BCUT2D eigenvalue weighted by Gasteiger charge is -2.17. The summed E-state index contributed by atoms with van der Waals surface area (Å²) < 4.78 is 6.59. The van der Waals surface area contributed by atoms with Gasteiger partial charge in [0.2, 0.25) is 5.91 Å². The fourth-order valence-electron chi connectivity index (χ4n) is 2.72. The van der Waals surface area contributed by atoms with Gasteiger partial charge >= 0.3 is 6.09 Å². The second-order valence-electron chi connectivity index (χ2n) is 5.23. The average Bonchev–Trinajstić information content (AvgIpc) is 3.02. The third-order valence-corrected chi connectivity index (χ3v) is 3.79. The van der Waals surface area contributed by atoms with Gasteiger partial charge in [0.1, 0.15) is 0 Å². The number of nitrogens with zero attached hydrogens (tertiary/aromatic N) is 3. The predicted octanol–water partition coefficient (Wildman–Crippen LogP) is 1.52. The number of rotatable bonds is 3. The molecule has 2 N–H and O–H groups in total. The van der Waals surface area contributed by atoms with E-state index in [2.05, 4.69) is 4.98 Å². The zero-order valence-corrected chi connectivity index (χ0v) is 13.6. The molecular formula is C15H19ClN4O3. The Labute approximate surface area is 139 Å². The van der Waals surface area contributed by atoms with Gasteiger partial charge in [0, 0.05) is 12.7 Å². The number of ether oxygens (including phenoxy) is 1. The molecule has 0 aliphatic carbocycles. The lowest BCUT2D eigenvalue weighted by molar-refractivity contribution is -0.129. The zero-order valence-electron chi connectivity index (χ0n) is 12.8. The van der Waals surface area contributed by atoms with Gasteiger partial charge in [-0.05, 0) is 31.5 Å². The van der Waals surface area contributed by atoms with E-state index in [-0.39, 0.29) is 24.9 Å². The summed E-state index contributed by atoms with van der Waals surface area (Å²) >= 11 is 0. The molecule has 1 saturated heterocycles. The Bertz CT molecular complexity index is 731. The van der Waals surface area contributed by atoms with Gasteiger partial charge < -0.3 is 15.4 Å². The third-order valence-electron chi connectivity index (χ3n) is 3.79. The van der Waals surface area contributed by atoms with E-state index in [1.165, 1.54) is 4.57 Å². The first kappa shape index (κ1) is 17.2. The number of hydrogen-bond acceptors (Lipinski definition) is 5. The van der Waals surface area contributed by atoms with E-state index >= 15 is 0 Å². The number of hydrogen-bond donors (Lipinski definition) is 1. The van der Waals surface area contributed by atoms with Gasteiger partial charge in [-0.25, -0.2) is 9.36 Å². The van der Waals surface area contributed by atoms with Crippen LogP contribution < -0.4 is 5.73 Å². The third kappa shape index (κ3) is 3.16. The number of pyridine rings is 1. The summed E-state index contributed by atoms with van der Waals surface area (Å²) in [6.45, 7) is 2.95. The number of fused-ring (bicyclic) bond motifs is 1. The Morgan fingerprint density at radius 2 is 2.30 bits per heavy atom. The summed E-state index contributed by atoms with van der Waals surface area (Å²) in [6, 6.07) is 4.93.